The van der Waals surface area contributed by atoms with Gasteiger partial charge in [-0.15, -0.1) is 11.3 Å². The van der Waals surface area contributed by atoms with Crippen LogP contribution in [0.3, 0.4) is 0 Å². The summed E-state index contributed by atoms with van der Waals surface area (Å²) in [7, 11) is 0. The topological polar surface area (TPSA) is 111 Å². The molecule has 9 heteroatoms. The van der Waals surface area contributed by atoms with Gasteiger partial charge in [0.25, 0.3) is 5.91 Å². The van der Waals surface area contributed by atoms with Crippen LogP contribution >= 0.6 is 22.9 Å². The Morgan fingerprint density at radius 2 is 1.94 bits per heavy atom. The van der Waals surface area contributed by atoms with Crippen LogP contribution in [0.5, 0.6) is 0 Å². The van der Waals surface area contributed by atoms with Crippen LogP contribution in [-0.4, -0.2) is 21.8 Å². The zero-order chi connectivity index (χ0) is 24.0. The van der Waals surface area contributed by atoms with Crippen molar-refractivity contribution < 1.29 is 24.8 Å². The lowest BCUT2D eigenvalue weighted by molar-refractivity contribution is -0.254. The van der Waals surface area contributed by atoms with Gasteiger partial charge in [0.1, 0.15) is 11.4 Å². The highest BCUT2D eigenvalue weighted by Gasteiger charge is 2.46. The summed E-state index contributed by atoms with van der Waals surface area (Å²) in [6.45, 7) is 1.72. The van der Waals surface area contributed by atoms with E-state index in [-0.39, 0.29) is 11.3 Å². The number of benzene rings is 2. The van der Waals surface area contributed by atoms with Gasteiger partial charge in [0.2, 0.25) is 5.78 Å². The molecule has 0 aliphatic carbocycles. The summed E-state index contributed by atoms with van der Waals surface area (Å²) in [5, 5.41) is 13.6. The van der Waals surface area contributed by atoms with Crippen molar-refractivity contribution in [3.8, 4) is 11.3 Å². The Morgan fingerprint density at radius 3 is 2.62 bits per heavy atom. The quantitative estimate of drug-likeness (QED) is 0.380. The third-order valence-electron chi connectivity index (χ3n) is 5.52. The van der Waals surface area contributed by atoms with Crippen molar-refractivity contribution >= 4 is 45.4 Å². The van der Waals surface area contributed by atoms with E-state index in [0.29, 0.717) is 32.9 Å². The van der Waals surface area contributed by atoms with E-state index in [2.05, 4.69) is 10.7 Å². The van der Waals surface area contributed by atoms with Gasteiger partial charge in [-0.05, 0) is 42.8 Å². The highest BCUT2D eigenvalue weighted by Crippen LogP contribution is 2.44. The number of hydrogen-bond donors (Lipinski definition) is 2. The van der Waals surface area contributed by atoms with E-state index < -0.39 is 23.5 Å². The van der Waals surface area contributed by atoms with Crippen molar-refractivity contribution in [2.24, 2.45) is 0 Å². The standard InChI is InChI=1S/C25H18ClN3O4S/c1-13-5-10-19(33-13)22(30)20-21(15-3-2-4-17(27)11-15)29(24(32)23(20)31)25-28-18(12-34-25)14-6-8-16(26)9-7-14/h2-12,21,31H,27H2,1H3/p+1. The van der Waals surface area contributed by atoms with Crippen LogP contribution < -0.4 is 10.6 Å². The van der Waals surface area contributed by atoms with Gasteiger partial charge in [0.15, 0.2) is 16.7 Å². The molecule has 2 aromatic heterocycles. The predicted molar refractivity (Wildman–Crippen MR) is 129 cm³/mol. The molecule has 34 heavy (non-hydrogen) atoms. The zero-order valence-corrected chi connectivity index (χ0v) is 19.6. The molecule has 170 valence electrons. The lowest BCUT2D eigenvalue weighted by Gasteiger charge is -2.24. The fourth-order valence-corrected chi connectivity index (χ4v) is 4.92. The molecule has 0 spiro atoms. The minimum atomic E-state index is -0.892. The minimum Gasteiger partial charge on any atom is -0.503 e. The number of quaternary nitrogens is 1. The number of furan rings is 1. The fraction of sp³-hybridized carbons (Fsp3) is 0.0800. The maximum absolute atomic E-state index is 13.4. The third-order valence-corrected chi connectivity index (χ3v) is 6.61. The van der Waals surface area contributed by atoms with Crippen LogP contribution in [0, 0.1) is 6.92 Å². The Labute approximate surface area is 203 Å². The van der Waals surface area contributed by atoms with E-state index in [0.717, 1.165) is 5.56 Å². The predicted octanol–water partition coefficient (Wildman–Crippen LogP) is 5.02. The largest absolute Gasteiger partial charge is 0.503 e. The van der Waals surface area contributed by atoms with E-state index in [1.54, 1.807) is 43.3 Å². The molecule has 0 fully saturated rings. The van der Waals surface area contributed by atoms with Crippen LogP contribution in [-0.2, 0) is 4.79 Å². The number of aromatic nitrogens is 1. The second-order valence-electron chi connectivity index (χ2n) is 7.85. The zero-order valence-electron chi connectivity index (χ0n) is 18.0. The molecule has 1 unspecified atom stereocenters. The van der Waals surface area contributed by atoms with Gasteiger partial charge in [-0.25, -0.2) is 4.98 Å². The molecule has 1 atom stereocenters. The summed E-state index contributed by atoms with van der Waals surface area (Å²) in [5.41, 5.74) is 6.71. The molecule has 5 rings (SSSR count). The number of aliphatic hydroxyl groups is 1. The van der Waals surface area contributed by atoms with Crippen molar-refractivity contribution in [2.75, 3.05) is 4.90 Å². The summed E-state index contributed by atoms with van der Waals surface area (Å²) in [6.07, 6.45) is 0. The van der Waals surface area contributed by atoms with Gasteiger partial charge in [-0.2, -0.15) is 0 Å². The Hall–Kier alpha value is -3.72. The van der Waals surface area contributed by atoms with Crippen LogP contribution in [0.4, 0.5) is 10.8 Å². The number of aliphatic hydroxyl groups excluding tert-OH is 1. The minimum absolute atomic E-state index is 0.0467. The molecule has 1 aliphatic rings. The highest BCUT2D eigenvalue weighted by molar-refractivity contribution is 7.14. The summed E-state index contributed by atoms with van der Waals surface area (Å²) >= 11 is 7.23. The van der Waals surface area contributed by atoms with E-state index in [1.807, 2.05) is 23.6 Å². The maximum atomic E-state index is 13.4. The molecule has 0 radical (unpaired) electrons. The van der Waals surface area contributed by atoms with Crippen LogP contribution in [0.1, 0.15) is 27.9 Å². The lowest BCUT2D eigenvalue weighted by Crippen LogP contribution is -2.40. The summed E-state index contributed by atoms with van der Waals surface area (Å²) < 4.78 is 5.50. The number of carbonyl (C=O) groups is 2. The highest BCUT2D eigenvalue weighted by atomic mass is 35.5. The molecule has 1 aliphatic heterocycles. The van der Waals surface area contributed by atoms with Gasteiger partial charge < -0.3 is 15.3 Å². The molecule has 1 amide bonds. The number of anilines is 1. The van der Waals surface area contributed by atoms with E-state index in [4.69, 9.17) is 16.0 Å². The number of amides is 1. The number of carbonyl (C=O) groups excluding carboxylic acids is 2. The molecule has 2 aromatic carbocycles. The molecule has 0 saturated carbocycles. The second-order valence-corrected chi connectivity index (χ2v) is 9.12. The van der Waals surface area contributed by atoms with Crippen molar-refractivity contribution in [2.45, 2.75) is 13.0 Å². The Kier molecular flexibility index (Phi) is 5.57. The third kappa shape index (κ3) is 3.81. The molecule has 4 N–H and O–H groups in total. The van der Waals surface area contributed by atoms with Crippen molar-refractivity contribution in [3.05, 3.63) is 99.5 Å². The number of aryl methyl sites for hydroxylation is 1. The van der Waals surface area contributed by atoms with Crippen LogP contribution in [0.15, 0.2) is 81.8 Å². The first-order valence-electron chi connectivity index (χ1n) is 10.3. The molecular weight excluding hydrogens is 474 g/mol. The average molecular weight is 493 g/mol. The Bertz CT molecular complexity index is 1450. The summed E-state index contributed by atoms with van der Waals surface area (Å²) in [6, 6.07) is 16.6. The van der Waals surface area contributed by atoms with Crippen molar-refractivity contribution in [1.29, 1.82) is 0 Å². The summed E-state index contributed by atoms with van der Waals surface area (Å²) in [5.74, 6) is -1.29. The number of hydrogen-bond acceptors (Lipinski definition) is 6. The number of nitrogens with zero attached hydrogens (tertiary/aromatic N) is 2. The van der Waals surface area contributed by atoms with E-state index in [1.165, 1.54) is 22.3 Å². The lowest BCUT2D eigenvalue weighted by atomic mass is 9.95. The maximum Gasteiger partial charge on any atom is 0.296 e. The fourth-order valence-electron chi connectivity index (χ4n) is 3.93. The molecule has 0 saturated heterocycles. The van der Waals surface area contributed by atoms with Gasteiger partial charge in [0, 0.05) is 22.0 Å². The summed E-state index contributed by atoms with van der Waals surface area (Å²) in [4.78, 5) is 32.7. The van der Waals surface area contributed by atoms with Gasteiger partial charge in [-0.1, -0.05) is 35.9 Å². The first kappa shape index (κ1) is 22.1. The van der Waals surface area contributed by atoms with E-state index in [9.17, 15) is 14.7 Å². The molecule has 0 bridgehead atoms. The molecule has 3 heterocycles. The number of halogens is 1. The second kappa shape index (κ2) is 8.57. The number of thiazole rings is 1. The normalized spacial score (nSPS) is 15.9. The van der Waals surface area contributed by atoms with Gasteiger partial charge >= 0.3 is 0 Å². The van der Waals surface area contributed by atoms with Crippen LogP contribution in [0.2, 0.25) is 5.02 Å². The SMILES string of the molecule is Cc1ccc(C(=O)C2=C(O)C(=O)N(c3nc(-c4ccc(Cl)cc4)cs3)C2c2cccc([NH3+])c2)o1. The Balaban J connectivity index is 1.62. The Morgan fingerprint density at radius 1 is 1.18 bits per heavy atom. The smallest absolute Gasteiger partial charge is 0.296 e. The van der Waals surface area contributed by atoms with Crippen molar-refractivity contribution in [3.63, 3.8) is 0 Å². The van der Waals surface area contributed by atoms with Gasteiger partial charge in [-0.3, -0.25) is 14.5 Å². The monoisotopic (exact) mass is 492 g/mol. The van der Waals surface area contributed by atoms with Crippen molar-refractivity contribution in [1.82, 2.24) is 4.98 Å². The molecule has 7 nitrogen and oxygen atoms in total. The molecular formula is C25H19ClN3O4S+. The average Bonchev–Trinajstić information content (AvgIpc) is 3.53. The first-order chi connectivity index (χ1) is 16.3. The van der Waals surface area contributed by atoms with Gasteiger partial charge in [0.05, 0.1) is 17.3 Å². The first-order valence-corrected chi connectivity index (χ1v) is 11.6. The van der Waals surface area contributed by atoms with Crippen LogP contribution in [0.25, 0.3) is 11.3 Å². The number of ketones is 1. The number of rotatable bonds is 5. The number of Topliss-reactive ketones (excluding diaryl/α,β-unsaturated/α-hetero) is 1. The van der Waals surface area contributed by atoms with E-state index >= 15 is 0 Å². The molecule has 4 aromatic rings.